The number of nitrogens with zero attached hydrogens (tertiary/aromatic N) is 1. The third-order valence-electron chi connectivity index (χ3n) is 4.14. The molecule has 4 nitrogen and oxygen atoms in total. The third kappa shape index (κ3) is 3.73. The monoisotopic (exact) mass is 277 g/mol. The molecule has 20 heavy (non-hydrogen) atoms. The fourth-order valence-electron chi connectivity index (χ4n) is 2.88. The van der Waals surface area contributed by atoms with E-state index in [1.807, 2.05) is 6.07 Å². The van der Waals surface area contributed by atoms with Gasteiger partial charge in [0.25, 0.3) is 0 Å². The Hall–Kier alpha value is -1.55. The highest BCUT2D eigenvalue weighted by Gasteiger charge is 2.22. The highest BCUT2D eigenvalue weighted by Crippen LogP contribution is 2.27. The van der Waals surface area contributed by atoms with Crippen molar-refractivity contribution in [3.63, 3.8) is 0 Å². The average molecular weight is 277 g/mol. The molecule has 1 aromatic rings. The zero-order valence-electron chi connectivity index (χ0n) is 12.3. The predicted molar refractivity (Wildman–Crippen MR) is 78.3 cm³/mol. The van der Waals surface area contributed by atoms with Crippen LogP contribution in [0.1, 0.15) is 30.4 Å². The van der Waals surface area contributed by atoms with Crippen LogP contribution in [-0.2, 0) is 17.6 Å². The van der Waals surface area contributed by atoms with Crippen LogP contribution >= 0.6 is 0 Å². The number of fused-ring (bicyclic) bond motifs is 1. The van der Waals surface area contributed by atoms with Crippen molar-refractivity contribution >= 4 is 5.97 Å². The fraction of sp³-hybridized carbons (Fsp3) is 0.562. The molecule has 1 unspecified atom stereocenters. The van der Waals surface area contributed by atoms with Crippen LogP contribution in [0, 0.1) is 0 Å². The van der Waals surface area contributed by atoms with Crippen LogP contribution in [0.15, 0.2) is 18.2 Å². The van der Waals surface area contributed by atoms with Gasteiger partial charge in [-0.3, -0.25) is 4.79 Å². The van der Waals surface area contributed by atoms with Crippen molar-refractivity contribution < 1.29 is 14.6 Å². The minimum Gasteiger partial charge on any atom is -0.497 e. The Bertz CT molecular complexity index is 473. The van der Waals surface area contributed by atoms with E-state index in [2.05, 4.69) is 24.1 Å². The summed E-state index contributed by atoms with van der Waals surface area (Å²) in [4.78, 5) is 12.9. The second kappa shape index (κ2) is 6.75. The van der Waals surface area contributed by atoms with Gasteiger partial charge in [0.2, 0.25) is 0 Å². The van der Waals surface area contributed by atoms with Crippen LogP contribution in [0.4, 0.5) is 0 Å². The van der Waals surface area contributed by atoms with Crippen molar-refractivity contribution in [3.05, 3.63) is 29.3 Å². The number of carboxylic acid groups (broad SMARTS) is 1. The molecule has 4 heteroatoms. The lowest BCUT2D eigenvalue weighted by molar-refractivity contribution is -0.137. The maximum Gasteiger partial charge on any atom is 0.303 e. The van der Waals surface area contributed by atoms with Crippen molar-refractivity contribution in [3.8, 4) is 5.75 Å². The molecule has 0 spiro atoms. The zero-order valence-corrected chi connectivity index (χ0v) is 12.3. The maximum absolute atomic E-state index is 10.6. The number of rotatable bonds is 6. The lowest BCUT2D eigenvalue weighted by Crippen LogP contribution is -2.37. The number of benzene rings is 1. The minimum atomic E-state index is -0.711. The molecule has 0 aromatic heterocycles. The number of ether oxygens (including phenoxy) is 1. The fourth-order valence-corrected chi connectivity index (χ4v) is 2.88. The van der Waals surface area contributed by atoms with E-state index in [9.17, 15) is 4.79 Å². The molecule has 0 bridgehead atoms. The molecule has 110 valence electrons. The number of hydrogen-bond donors (Lipinski definition) is 1. The van der Waals surface area contributed by atoms with Gasteiger partial charge >= 0.3 is 5.97 Å². The van der Waals surface area contributed by atoms with Crippen molar-refractivity contribution in [1.82, 2.24) is 4.90 Å². The predicted octanol–water partition coefficient (Wildman–Crippen LogP) is 2.35. The zero-order chi connectivity index (χ0) is 14.5. The second-order valence-electron chi connectivity index (χ2n) is 5.51. The van der Waals surface area contributed by atoms with Crippen LogP contribution in [0.3, 0.4) is 0 Å². The van der Waals surface area contributed by atoms with Crippen LogP contribution in [0.25, 0.3) is 0 Å². The highest BCUT2D eigenvalue weighted by atomic mass is 16.5. The van der Waals surface area contributed by atoms with Crippen LogP contribution in [-0.4, -0.2) is 42.7 Å². The van der Waals surface area contributed by atoms with E-state index in [0.29, 0.717) is 12.5 Å². The van der Waals surface area contributed by atoms with Crippen LogP contribution in [0.2, 0.25) is 0 Å². The molecule has 1 aliphatic carbocycles. The van der Waals surface area contributed by atoms with E-state index in [1.54, 1.807) is 7.11 Å². The van der Waals surface area contributed by atoms with Crippen LogP contribution in [0.5, 0.6) is 5.75 Å². The second-order valence-corrected chi connectivity index (χ2v) is 5.51. The summed E-state index contributed by atoms with van der Waals surface area (Å²) in [5, 5.41) is 8.69. The maximum atomic E-state index is 10.6. The third-order valence-corrected chi connectivity index (χ3v) is 4.14. The van der Waals surface area contributed by atoms with Gasteiger partial charge in [0.05, 0.1) is 7.11 Å². The normalized spacial score (nSPS) is 17.9. The topological polar surface area (TPSA) is 49.8 Å². The van der Waals surface area contributed by atoms with Gasteiger partial charge in [0.1, 0.15) is 5.75 Å². The minimum absolute atomic E-state index is 0.251. The lowest BCUT2D eigenvalue weighted by atomic mass is 9.87. The van der Waals surface area contributed by atoms with Gasteiger partial charge in [-0.2, -0.15) is 0 Å². The molecule has 1 atom stereocenters. The number of carboxylic acids is 1. The summed E-state index contributed by atoms with van der Waals surface area (Å²) in [5.74, 6) is 0.204. The first-order valence-electron chi connectivity index (χ1n) is 7.18. The Morgan fingerprint density at radius 2 is 2.25 bits per heavy atom. The number of aryl methyl sites for hydroxylation is 1. The van der Waals surface area contributed by atoms with Crippen molar-refractivity contribution in [2.45, 2.75) is 38.1 Å². The summed E-state index contributed by atoms with van der Waals surface area (Å²) in [6.07, 6.45) is 4.22. The van der Waals surface area contributed by atoms with Crippen molar-refractivity contribution in [2.75, 3.05) is 20.7 Å². The first-order valence-corrected chi connectivity index (χ1v) is 7.18. The Balaban J connectivity index is 1.93. The lowest BCUT2D eigenvalue weighted by Gasteiger charge is -2.32. The van der Waals surface area contributed by atoms with Crippen molar-refractivity contribution in [1.29, 1.82) is 0 Å². The van der Waals surface area contributed by atoms with Gasteiger partial charge in [-0.05, 0) is 62.5 Å². The molecular weight excluding hydrogens is 254 g/mol. The number of hydrogen-bond acceptors (Lipinski definition) is 3. The van der Waals surface area contributed by atoms with E-state index in [0.717, 1.165) is 31.6 Å². The Labute approximate surface area is 120 Å². The van der Waals surface area contributed by atoms with Gasteiger partial charge in [-0.25, -0.2) is 0 Å². The molecule has 2 rings (SSSR count). The molecule has 0 saturated carbocycles. The molecule has 1 N–H and O–H groups in total. The number of likely N-dealkylation sites (N-methyl/N-ethyl adjacent to an activating group) is 1. The summed E-state index contributed by atoms with van der Waals surface area (Å²) < 4.78 is 5.29. The van der Waals surface area contributed by atoms with Gasteiger partial charge in [-0.1, -0.05) is 6.07 Å². The Morgan fingerprint density at radius 3 is 2.95 bits per heavy atom. The molecule has 0 radical (unpaired) electrons. The molecule has 0 saturated heterocycles. The van der Waals surface area contributed by atoms with E-state index < -0.39 is 5.97 Å². The van der Waals surface area contributed by atoms with Gasteiger partial charge in [0, 0.05) is 12.5 Å². The van der Waals surface area contributed by atoms with E-state index in [1.165, 1.54) is 11.1 Å². The summed E-state index contributed by atoms with van der Waals surface area (Å²) >= 11 is 0. The first kappa shape index (κ1) is 14.9. The van der Waals surface area contributed by atoms with Crippen LogP contribution < -0.4 is 4.74 Å². The summed E-state index contributed by atoms with van der Waals surface area (Å²) in [7, 11) is 3.79. The quantitative estimate of drug-likeness (QED) is 0.867. The molecule has 0 heterocycles. The van der Waals surface area contributed by atoms with Gasteiger partial charge in [-0.15, -0.1) is 0 Å². The standard InChI is InChI=1S/C16H23NO3/c1-17(9-3-4-16(18)19)14-7-5-12-6-8-15(20-2)11-13(12)10-14/h6,8,11,14H,3-5,7,9-10H2,1-2H3,(H,18,19). The van der Waals surface area contributed by atoms with Crippen molar-refractivity contribution in [2.24, 2.45) is 0 Å². The Kier molecular flexibility index (Phi) is 5.01. The first-order chi connectivity index (χ1) is 9.60. The summed E-state index contributed by atoms with van der Waals surface area (Å²) in [6.45, 7) is 0.844. The average Bonchev–Trinajstić information content (AvgIpc) is 2.45. The van der Waals surface area contributed by atoms with Gasteiger partial charge < -0.3 is 14.7 Å². The van der Waals surface area contributed by atoms with Gasteiger partial charge in [0.15, 0.2) is 0 Å². The summed E-state index contributed by atoms with van der Waals surface area (Å²) in [5.41, 5.74) is 2.78. The number of methoxy groups -OCH3 is 1. The van der Waals surface area contributed by atoms with E-state index >= 15 is 0 Å². The molecule has 1 aromatic carbocycles. The van der Waals surface area contributed by atoms with E-state index in [-0.39, 0.29) is 6.42 Å². The van der Waals surface area contributed by atoms with E-state index in [4.69, 9.17) is 9.84 Å². The molecule has 1 aliphatic rings. The molecule has 0 fully saturated rings. The number of carbonyl (C=O) groups is 1. The smallest absolute Gasteiger partial charge is 0.303 e. The molecule has 0 aliphatic heterocycles. The number of aliphatic carboxylic acids is 1. The largest absolute Gasteiger partial charge is 0.497 e. The Morgan fingerprint density at radius 1 is 1.45 bits per heavy atom. The highest BCUT2D eigenvalue weighted by molar-refractivity contribution is 5.66. The molecule has 0 amide bonds. The summed E-state index contributed by atoms with van der Waals surface area (Å²) in [6, 6.07) is 6.82. The molecular formula is C16H23NO3. The SMILES string of the molecule is COc1ccc2c(c1)CC(N(C)CCCC(=O)O)CC2.